The smallest absolute Gasteiger partial charge is 0.0737 e. The van der Waals surface area contributed by atoms with E-state index in [0.29, 0.717) is 5.88 Å². The SMILES string of the molecule is ClCc1cnnn1CC1CCC1. The Labute approximate surface area is 76.7 Å². The van der Waals surface area contributed by atoms with Crippen LogP contribution in [-0.2, 0) is 12.4 Å². The van der Waals surface area contributed by atoms with Crippen molar-refractivity contribution in [3.63, 3.8) is 0 Å². The van der Waals surface area contributed by atoms with Gasteiger partial charge in [0.1, 0.15) is 0 Å². The van der Waals surface area contributed by atoms with Gasteiger partial charge in [0, 0.05) is 6.54 Å². The van der Waals surface area contributed by atoms with Gasteiger partial charge >= 0.3 is 0 Å². The quantitative estimate of drug-likeness (QED) is 0.673. The van der Waals surface area contributed by atoms with E-state index in [1.165, 1.54) is 19.3 Å². The zero-order valence-corrected chi connectivity index (χ0v) is 7.67. The highest BCUT2D eigenvalue weighted by Crippen LogP contribution is 2.27. The summed E-state index contributed by atoms with van der Waals surface area (Å²) in [6.45, 7) is 1.00. The van der Waals surface area contributed by atoms with Gasteiger partial charge < -0.3 is 0 Å². The zero-order chi connectivity index (χ0) is 8.39. The molecule has 1 aliphatic carbocycles. The summed E-state index contributed by atoms with van der Waals surface area (Å²) < 4.78 is 1.93. The van der Waals surface area contributed by atoms with Crippen LogP contribution in [0.4, 0.5) is 0 Å². The summed E-state index contributed by atoms with van der Waals surface area (Å²) in [6, 6.07) is 0. The maximum absolute atomic E-state index is 5.72. The molecule has 0 aromatic carbocycles. The minimum atomic E-state index is 0.514. The van der Waals surface area contributed by atoms with Crippen molar-refractivity contribution in [2.75, 3.05) is 0 Å². The predicted molar refractivity (Wildman–Crippen MR) is 46.9 cm³/mol. The molecule has 1 saturated carbocycles. The Balaban J connectivity index is 2.00. The van der Waals surface area contributed by atoms with Crippen LogP contribution in [0, 0.1) is 5.92 Å². The van der Waals surface area contributed by atoms with Gasteiger partial charge in [0.25, 0.3) is 0 Å². The molecule has 1 aromatic heterocycles. The lowest BCUT2D eigenvalue weighted by atomic mass is 9.85. The van der Waals surface area contributed by atoms with Crippen molar-refractivity contribution in [1.82, 2.24) is 15.0 Å². The van der Waals surface area contributed by atoms with Crippen molar-refractivity contribution in [3.8, 4) is 0 Å². The van der Waals surface area contributed by atoms with E-state index < -0.39 is 0 Å². The molecule has 3 nitrogen and oxygen atoms in total. The van der Waals surface area contributed by atoms with Crippen LogP contribution in [-0.4, -0.2) is 15.0 Å². The maximum atomic E-state index is 5.72. The highest BCUT2D eigenvalue weighted by Gasteiger charge is 2.19. The lowest BCUT2D eigenvalue weighted by Crippen LogP contribution is -2.19. The molecule has 0 unspecified atom stereocenters. The van der Waals surface area contributed by atoms with Crippen LogP contribution in [0.15, 0.2) is 6.20 Å². The van der Waals surface area contributed by atoms with Crippen LogP contribution in [0.1, 0.15) is 25.0 Å². The molecule has 0 aliphatic heterocycles. The molecule has 1 aromatic rings. The minimum Gasteiger partial charge on any atom is -0.248 e. The van der Waals surface area contributed by atoms with E-state index in [0.717, 1.165) is 18.2 Å². The third kappa shape index (κ3) is 1.46. The molecule has 2 rings (SSSR count). The Bertz CT molecular complexity index is 255. The van der Waals surface area contributed by atoms with E-state index in [4.69, 9.17) is 11.6 Å². The third-order valence-corrected chi connectivity index (χ3v) is 2.76. The van der Waals surface area contributed by atoms with Gasteiger partial charge in [0.15, 0.2) is 0 Å². The van der Waals surface area contributed by atoms with Gasteiger partial charge in [0.2, 0.25) is 0 Å². The van der Waals surface area contributed by atoms with Crippen LogP contribution in [0.2, 0.25) is 0 Å². The first-order chi connectivity index (χ1) is 5.90. The number of hydrogen-bond acceptors (Lipinski definition) is 2. The standard InChI is InChI=1S/C8H12ClN3/c9-4-8-5-10-11-12(8)6-7-2-1-3-7/h5,7H,1-4,6H2. The third-order valence-electron chi connectivity index (χ3n) is 2.49. The van der Waals surface area contributed by atoms with E-state index in [9.17, 15) is 0 Å². The second-order valence-electron chi connectivity index (χ2n) is 3.34. The summed E-state index contributed by atoms with van der Waals surface area (Å²) in [5.41, 5.74) is 1.03. The number of rotatable bonds is 3. The summed E-state index contributed by atoms with van der Waals surface area (Å²) in [5.74, 6) is 1.33. The van der Waals surface area contributed by atoms with Crippen LogP contribution >= 0.6 is 11.6 Å². The molecular weight excluding hydrogens is 174 g/mol. The van der Waals surface area contributed by atoms with Gasteiger partial charge in [-0.3, -0.25) is 0 Å². The lowest BCUT2D eigenvalue weighted by Gasteiger charge is -2.25. The fourth-order valence-corrected chi connectivity index (χ4v) is 1.66. The molecule has 0 bridgehead atoms. The Morgan fingerprint density at radius 1 is 1.58 bits per heavy atom. The first-order valence-corrected chi connectivity index (χ1v) is 4.87. The Hall–Kier alpha value is -0.570. The molecule has 1 heterocycles. The molecule has 4 heteroatoms. The van der Waals surface area contributed by atoms with E-state index in [1.54, 1.807) is 6.20 Å². The molecule has 66 valence electrons. The van der Waals surface area contributed by atoms with Crippen molar-refractivity contribution in [2.24, 2.45) is 5.92 Å². The van der Waals surface area contributed by atoms with Crippen LogP contribution in [0.25, 0.3) is 0 Å². The molecule has 0 spiro atoms. The monoisotopic (exact) mass is 185 g/mol. The summed E-state index contributed by atoms with van der Waals surface area (Å²) in [6.07, 6.45) is 5.78. The van der Waals surface area contributed by atoms with E-state index in [-0.39, 0.29) is 0 Å². The minimum absolute atomic E-state index is 0.514. The largest absolute Gasteiger partial charge is 0.248 e. The van der Waals surface area contributed by atoms with Gasteiger partial charge in [0.05, 0.1) is 17.8 Å². The molecule has 12 heavy (non-hydrogen) atoms. The average molecular weight is 186 g/mol. The highest BCUT2D eigenvalue weighted by atomic mass is 35.5. The normalized spacial score (nSPS) is 17.8. The summed E-state index contributed by atoms with van der Waals surface area (Å²) in [7, 11) is 0. The molecule has 1 fully saturated rings. The molecular formula is C8H12ClN3. The molecule has 0 radical (unpaired) electrons. The predicted octanol–water partition coefficient (Wildman–Crippen LogP) is 1.82. The molecule has 1 aliphatic rings. The second-order valence-corrected chi connectivity index (χ2v) is 3.61. The molecule has 0 N–H and O–H groups in total. The lowest BCUT2D eigenvalue weighted by molar-refractivity contribution is 0.262. The van der Waals surface area contributed by atoms with Crippen molar-refractivity contribution in [2.45, 2.75) is 31.7 Å². The fourth-order valence-electron chi connectivity index (χ4n) is 1.46. The van der Waals surface area contributed by atoms with Crippen molar-refractivity contribution < 1.29 is 0 Å². The van der Waals surface area contributed by atoms with Gasteiger partial charge in [-0.15, -0.1) is 16.7 Å². The zero-order valence-electron chi connectivity index (χ0n) is 6.91. The van der Waals surface area contributed by atoms with E-state index in [2.05, 4.69) is 10.3 Å². The van der Waals surface area contributed by atoms with Gasteiger partial charge in [-0.25, -0.2) is 4.68 Å². The Morgan fingerprint density at radius 3 is 3.00 bits per heavy atom. The fraction of sp³-hybridized carbons (Fsp3) is 0.750. The van der Waals surface area contributed by atoms with Crippen molar-refractivity contribution in [1.29, 1.82) is 0 Å². The maximum Gasteiger partial charge on any atom is 0.0737 e. The second kappa shape index (κ2) is 3.44. The van der Waals surface area contributed by atoms with Crippen LogP contribution in [0.3, 0.4) is 0 Å². The average Bonchev–Trinajstić information content (AvgIpc) is 2.43. The van der Waals surface area contributed by atoms with Crippen molar-refractivity contribution >= 4 is 11.6 Å². The summed E-state index contributed by atoms with van der Waals surface area (Å²) >= 11 is 5.72. The first-order valence-electron chi connectivity index (χ1n) is 4.33. The number of halogens is 1. The van der Waals surface area contributed by atoms with Crippen LogP contribution in [0.5, 0.6) is 0 Å². The molecule has 0 saturated heterocycles. The number of aromatic nitrogens is 3. The van der Waals surface area contributed by atoms with Crippen LogP contribution < -0.4 is 0 Å². The number of hydrogen-bond donors (Lipinski definition) is 0. The first kappa shape index (κ1) is 8.05. The van der Waals surface area contributed by atoms with E-state index in [1.807, 2.05) is 4.68 Å². The molecule has 0 amide bonds. The van der Waals surface area contributed by atoms with E-state index >= 15 is 0 Å². The topological polar surface area (TPSA) is 30.7 Å². The highest BCUT2D eigenvalue weighted by molar-refractivity contribution is 6.16. The van der Waals surface area contributed by atoms with Gasteiger partial charge in [-0.2, -0.15) is 0 Å². The Morgan fingerprint density at radius 2 is 2.42 bits per heavy atom. The van der Waals surface area contributed by atoms with Gasteiger partial charge in [-0.05, 0) is 18.8 Å². The number of nitrogens with zero attached hydrogens (tertiary/aromatic N) is 3. The summed E-state index contributed by atoms with van der Waals surface area (Å²) in [5, 5.41) is 7.82. The Kier molecular flexibility index (Phi) is 2.30. The van der Waals surface area contributed by atoms with Crippen molar-refractivity contribution in [3.05, 3.63) is 11.9 Å². The number of alkyl halides is 1. The summed E-state index contributed by atoms with van der Waals surface area (Å²) in [4.78, 5) is 0. The molecule has 0 atom stereocenters. The van der Waals surface area contributed by atoms with Gasteiger partial charge in [-0.1, -0.05) is 11.6 Å².